The summed E-state index contributed by atoms with van der Waals surface area (Å²) in [6, 6.07) is 6.02. The lowest BCUT2D eigenvalue weighted by atomic mass is 9.85. The van der Waals surface area contributed by atoms with Crippen LogP contribution in [0, 0.1) is 0 Å². The molecule has 1 N–H and O–H groups in total. The van der Waals surface area contributed by atoms with Crippen molar-refractivity contribution in [3.8, 4) is 0 Å². The Morgan fingerprint density at radius 3 is 2.35 bits per heavy atom. The fraction of sp³-hybridized carbons (Fsp3) is 0.375. The van der Waals surface area contributed by atoms with Crippen LogP contribution in [0.15, 0.2) is 42.9 Å². The number of rotatable bonds is 2. The van der Waals surface area contributed by atoms with Gasteiger partial charge >= 0.3 is 6.18 Å². The molecular formula is C16H16F3N3O. The Hall–Kier alpha value is -2.15. The SMILES string of the molecule is OC1(c2cccnc2)CCN(c2ccc(C(F)(F)F)nc2)CC1. The number of pyridine rings is 2. The second-order valence-corrected chi connectivity index (χ2v) is 5.66. The Bertz CT molecular complexity index is 651. The third-order valence-corrected chi connectivity index (χ3v) is 4.19. The van der Waals surface area contributed by atoms with Crippen molar-refractivity contribution in [1.82, 2.24) is 9.97 Å². The summed E-state index contributed by atoms with van der Waals surface area (Å²) in [6.45, 7) is 1.08. The second kappa shape index (κ2) is 5.81. The van der Waals surface area contributed by atoms with Crippen LogP contribution in [-0.4, -0.2) is 28.2 Å². The summed E-state index contributed by atoms with van der Waals surface area (Å²) in [5.41, 5.74) is -0.439. The van der Waals surface area contributed by atoms with Gasteiger partial charge in [-0.1, -0.05) is 6.07 Å². The average molecular weight is 323 g/mol. The summed E-state index contributed by atoms with van der Waals surface area (Å²) in [7, 11) is 0. The average Bonchev–Trinajstić information content (AvgIpc) is 2.56. The van der Waals surface area contributed by atoms with E-state index in [9.17, 15) is 18.3 Å². The van der Waals surface area contributed by atoms with Crippen molar-refractivity contribution in [3.05, 3.63) is 54.1 Å². The van der Waals surface area contributed by atoms with Gasteiger partial charge < -0.3 is 10.0 Å². The van der Waals surface area contributed by atoms with Crippen molar-refractivity contribution in [3.63, 3.8) is 0 Å². The molecule has 0 saturated carbocycles. The highest BCUT2D eigenvalue weighted by atomic mass is 19.4. The molecule has 23 heavy (non-hydrogen) atoms. The molecule has 1 fully saturated rings. The lowest BCUT2D eigenvalue weighted by molar-refractivity contribution is -0.141. The molecule has 0 bridgehead atoms. The quantitative estimate of drug-likeness (QED) is 0.923. The summed E-state index contributed by atoms with van der Waals surface area (Å²) < 4.78 is 37.6. The number of alkyl halides is 3. The van der Waals surface area contributed by atoms with Crippen molar-refractivity contribution in [2.24, 2.45) is 0 Å². The van der Waals surface area contributed by atoms with Crippen molar-refractivity contribution in [2.45, 2.75) is 24.6 Å². The molecule has 122 valence electrons. The first-order valence-electron chi connectivity index (χ1n) is 7.30. The van der Waals surface area contributed by atoms with Gasteiger partial charge in [-0.25, -0.2) is 4.98 Å². The normalized spacial score (nSPS) is 18.0. The molecule has 0 aromatic carbocycles. The van der Waals surface area contributed by atoms with Crippen LogP contribution in [0.25, 0.3) is 0 Å². The molecule has 2 aromatic rings. The minimum absolute atomic E-state index is 0.486. The van der Waals surface area contributed by atoms with E-state index in [1.54, 1.807) is 18.5 Å². The number of halogens is 3. The number of hydrogen-bond donors (Lipinski definition) is 1. The minimum atomic E-state index is -4.43. The molecule has 0 radical (unpaired) electrons. The predicted molar refractivity (Wildman–Crippen MR) is 78.8 cm³/mol. The van der Waals surface area contributed by atoms with E-state index in [0.29, 0.717) is 31.6 Å². The van der Waals surface area contributed by atoms with Crippen LogP contribution in [0.2, 0.25) is 0 Å². The van der Waals surface area contributed by atoms with Crippen molar-refractivity contribution >= 4 is 5.69 Å². The van der Waals surface area contributed by atoms with Gasteiger partial charge in [-0.05, 0) is 31.0 Å². The first kappa shape index (κ1) is 15.7. The van der Waals surface area contributed by atoms with Gasteiger partial charge in [0.05, 0.1) is 17.5 Å². The number of hydrogen-bond acceptors (Lipinski definition) is 4. The number of nitrogens with zero attached hydrogens (tertiary/aromatic N) is 3. The molecule has 0 atom stereocenters. The van der Waals surface area contributed by atoms with Crippen molar-refractivity contribution in [2.75, 3.05) is 18.0 Å². The van der Waals surface area contributed by atoms with Gasteiger partial charge in [0.25, 0.3) is 0 Å². The molecule has 7 heteroatoms. The minimum Gasteiger partial charge on any atom is -0.385 e. The van der Waals surface area contributed by atoms with E-state index in [2.05, 4.69) is 9.97 Å². The zero-order chi connectivity index (χ0) is 16.5. The van der Waals surface area contributed by atoms with E-state index in [0.717, 1.165) is 11.6 Å². The Labute approximate surface area is 131 Å². The fourth-order valence-corrected chi connectivity index (χ4v) is 2.80. The molecule has 1 aliphatic heterocycles. The first-order chi connectivity index (χ1) is 10.9. The summed E-state index contributed by atoms with van der Waals surface area (Å²) in [4.78, 5) is 9.43. The first-order valence-corrected chi connectivity index (χ1v) is 7.30. The van der Waals surface area contributed by atoms with Crippen LogP contribution >= 0.6 is 0 Å². The maximum Gasteiger partial charge on any atom is 0.433 e. The Balaban J connectivity index is 1.69. The summed E-state index contributed by atoms with van der Waals surface area (Å²) in [5, 5.41) is 10.7. The van der Waals surface area contributed by atoms with E-state index in [4.69, 9.17) is 0 Å². The van der Waals surface area contributed by atoms with Gasteiger partial charge in [-0.3, -0.25) is 4.98 Å². The van der Waals surface area contributed by atoms with E-state index in [1.807, 2.05) is 11.0 Å². The van der Waals surface area contributed by atoms with E-state index in [-0.39, 0.29) is 0 Å². The van der Waals surface area contributed by atoms with Gasteiger partial charge in [-0.2, -0.15) is 13.2 Å². The fourth-order valence-electron chi connectivity index (χ4n) is 2.80. The zero-order valence-electron chi connectivity index (χ0n) is 12.3. The lowest BCUT2D eigenvalue weighted by Crippen LogP contribution is -2.42. The molecule has 3 heterocycles. The van der Waals surface area contributed by atoms with Gasteiger partial charge in [0.1, 0.15) is 5.69 Å². The second-order valence-electron chi connectivity index (χ2n) is 5.66. The highest BCUT2D eigenvalue weighted by Crippen LogP contribution is 2.34. The number of aliphatic hydroxyl groups is 1. The maximum absolute atomic E-state index is 12.5. The molecule has 1 saturated heterocycles. The van der Waals surface area contributed by atoms with Gasteiger partial charge in [-0.15, -0.1) is 0 Å². The predicted octanol–water partition coefficient (Wildman–Crippen LogP) is 2.98. The molecule has 0 aliphatic carbocycles. The van der Waals surface area contributed by atoms with Gasteiger partial charge in [0.15, 0.2) is 0 Å². The zero-order valence-corrected chi connectivity index (χ0v) is 12.3. The van der Waals surface area contributed by atoms with Gasteiger partial charge in [0.2, 0.25) is 0 Å². The molecule has 2 aromatic heterocycles. The number of anilines is 1. The Morgan fingerprint density at radius 2 is 1.83 bits per heavy atom. The molecule has 4 nitrogen and oxygen atoms in total. The summed E-state index contributed by atoms with van der Waals surface area (Å²) in [5.74, 6) is 0. The molecule has 0 unspecified atom stereocenters. The van der Waals surface area contributed by atoms with Crippen LogP contribution in [-0.2, 0) is 11.8 Å². The van der Waals surface area contributed by atoms with E-state index in [1.165, 1.54) is 12.3 Å². The largest absolute Gasteiger partial charge is 0.433 e. The maximum atomic E-state index is 12.5. The third kappa shape index (κ3) is 3.29. The molecule has 3 rings (SSSR count). The molecule has 0 spiro atoms. The number of piperidine rings is 1. The van der Waals surface area contributed by atoms with Crippen LogP contribution in [0.1, 0.15) is 24.1 Å². The van der Waals surface area contributed by atoms with Crippen LogP contribution in [0.4, 0.5) is 18.9 Å². The Kier molecular flexibility index (Phi) is 3.97. The van der Waals surface area contributed by atoms with Crippen LogP contribution in [0.5, 0.6) is 0 Å². The molecule has 0 amide bonds. The standard InChI is InChI=1S/C16H16F3N3O/c17-16(18,19)14-4-3-13(11-21-14)22-8-5-15(23,6-9-22)12-2-1-7-20-10-12/h1-4,7,10-11,23H,5-6,8-9H2. The van der Waals surface area contributed by atoms with Crippen LogP contribution < -0.4 is 4.90 Å². The lowest BCUT2D eigenvalue weighted by Gasteiger charge is -2.39. The Morgan fingerprint density at radius 1 is 1.09 bits per heavy atom. The topological polar surface area (TPSA) is 49.3 Å². The van der Waals surface area contributed by atoms with Crippen LogP contribution in [0.3, 0.4) is 0 Å². The van der Waals surface area contributed by atoms with Gasteiger partial charge in [0, 0.05) is 31.0 Å². The summed E-state index contributed by atoms with van der Waals surface area (Å²) in [6.07, 6.45) is 1.07. The van der Waals surface area contributed by atoms with E-state index < -0.39 is 17.5 Å². The number of aromatic nitrogens is 2. The summed E-state index contributed by atoms with van der Waals surface area (Å²) >= 11 is 0. The third-order valence-electron chi connectivity index (χ3n) is 4.19. The molecule has 1 aliphatic rings. The monoisotopic (exact) mass is 323 g/mol. The van der Waals surface area contributed by atoms with Crippen molar-refractivity contribution in [1.29, 1.82) is 0 Å². The molecular weight excluding hydrogens is 307 g/mol. The smallest absolute Gasteiger partial charge is 0.385 e. The highest BCUT2D eigenvalue weighted by Gasteiger charge is 2.35. The highest BCUT2D eigenvalue weighted by molar-refractivity contribution is 5.45. The van der Waals surface area contributed by atoms with E-state index >= 15 is 0 Å². The van der Waals surface area contributed by atoms with Crippen molar-refractivity contribution < 1.29 is 18.3 Å².